The molecule has 1 saturated carbocycles. The molecule has 0 radical (unpaired) electrons. The molecule has 1 aliphatic carbocycles. The number of ether oxygens (including phenoxy) is 1. The van der Waals surface area contributed by atoms with Crippen LogP contribution >= 0.6 is 0 Å². The van der Waals surface area contributed by atoms with Crippen LogP contribution in [0.5, 0.6) is 0 Å². The first-order valence-electron chi connectivity index (χ1n) is 7.76. The summed E-state index contributed by atoms with van der Waals surface area (Å²) >= 11 is 0. The van der Waals surface area contributed by atoms with Gasteiger partial charge in [-0.3, -0.25) is 9.69 Å². The number of carbonyl (C=O) groups is 1. The molecule has 1 aliphatic heterocycles. The molecular formula is C16H29NO2. The highest BCUT2D eigenvalue weighted by atomic mass is 16.6. The van der Waals surface area contributed by atoms with Gasteiger partial charge in [0.15, 0.2) is 0 Å². The van der Waals surface area contributed by atoms with E-state index in [-0.39, 0.29) is 17.5 Å². The van der Waals surface area contributed by atoms with Gasteiger partial charge >= 0.3 is 5.97 Å². The quantitative estimate of drug-likeness (QED) is 0.735. The minimum absolute atomic E-state index is 0.0153. The van der Waals surface area contributed by atoms with Crippen LogP contribution in [0.3, 0.4) is 0 Å². The molecular weight excluding hydrogens is 238 g/mol. The van der Waals surface area contributed by atoms with E-state index in [9.17, 15) is 4.79 Å². The molecule has 0 amide bonds. The van der Waals surface area contributed by atoms with Crippen LogP contribution in [0.25, 0.3) is 0 Å². The largest absolute Gasteiger partial charge is 0.460 e. The summed E-state index contributed by atoms with van der Waals surface area (Å²) < 4.78 is 5.56. The van der Waals surface area contributed by atoms with Gasteiger partial charge in [-0.2, -0.15) is 0 Å². The summed E-state index contributed by atoms with van der Waals surface area (Å²) in [6.07, 6.45) is 4.64. The molecule has 0 N–H and O–H groups in total. The highest BCUT2D eigenvalue weighted by molar-refractivity contribution is 5.73. The highest BCUT2D eigenvalue weighted by Crippen LogP contribution is 2.42. The molecule has 1 heterocycles. The second-order valence-corrected chi connectivity index (χ2v) is 7.49. The van der Waals surface area contributed by atoms with Crippen molar-refractivity contribution in [2.24, 2.45) is 11.8 Å². The van der Waals surface area contributed by atoms with Gasteiger partial charge in [-0.05, 0) is 72.8 Å². The molecule has 2 aliphatic rings. The van der Waals surface area contributed by atoms with Crippen molar-refractivity contribution in [1.29, 1.82) is 0 Å². The maximum absolute atomic E-state index is 12.2. The number of piperidine rings is 1. The highest BCUT2D eigenvalue weighted by Gasteiger charge is 2.42. The van der Waals surface area contributed by atoms with Crippen LogP contribution in [-0.4, -0.2) is 35.1 Å². The zero-order chi connectivity index (χ0) is 14.2. The molecule has 2 fully saturated rings. The van der Waals surface area contributed by atoms with Gasteiger partial charge in [0.25, 0.3) is 0 Å². The van der Waals surface area contributed by atoms with Crippen molar-refractivity contribution >= 4 is 5.97 Å². The fourth-order valence-electron chi connectivity index (χ4n) is 3.20. The van der Waals surface area contributed by atoms with Crippen LogP contribution < -0.4 is 0 Å². The lowest BCUT2D eigenvalue weighted by Crippen LogP contribution is -2.49. The molecule has 110 valence electrons. The third-order valence-corrected chi connectivity index (χ3v) is 4.26. The molecule has 0 aromatic rings. The molecule has 1 saturated heterocycles. The van der Waals surface area contributed by atoms with Crippen molar-refractivity contribution < 1.29 is 9.53 Å². The summed E-state index contributed by atoms with van der Waals surface area (Å²) in [4.78, 5) is 14.8. The molecule has 3 heteroatoms. The molecule has 0 aromatic heterocycles. The minimum atomic E-state index is -0.360. The van der Waals surface area contributed by atoms with E-state index in [1.54, 1.807) is 0 Å². The Bertz CT molecular complexity index is 328. The van der Waals surface area contributed by atoms with E-state index < -0.39 is 0 Å². The third kappa shape index (κ3) is 3.95. The van der Waals surface area contributed by atoms with Gasteiger partial charge < -0.3 is 4.74 Å². The summed E-state index contributed by atoms with van der Waals surface area (Å²) in [6, 6.07) is 1.19. The van der Waals surface area contributed by atoms with Crippen molar-refractivity contribution in [2.45, 2.75) is 78.0 Å². The Morgan fingerprint density at radius 1 is 1.21 bits per heavy atom. The van der Waals surface area contributed by atoms with Gasteiger partial charge in [-0.1, -0.05) is 0 Å². The first-order valence-corrected chi connectivity index (χ1v) is 7.76. The van der Waals surface area contributed by atoms with E-state index in [1.807, 2.05) is 20.8 Å². The van der Waals surface area contributed by atoms with E-state index in [1.165, 1.54) is 12.8 Å². The fraction of sp³-hybridized carbons (Fsp3) is 0.938. The molecule has 0 spiro atoms. The van der Waals surface area contributed by atoms with E-state index in [0.717, 1.165) is 25.3 Å². The lowest BCUT2D eigenvalue weighted by atomic mass is 9.87. The fourth-order valence-corrected chi connectivity index (χ4v) is 3.20. The van der Waals surface area contributed by atoms with Crippen LogP contribution in [0.1, 0.15) is 60.3 Å². The molecule has 19 heavy (non-hydrogen) atoms. The standard InChI is InChI=1S/C16H29NO2/c1-11(2)17-9-8-13(10-14(17)12-6-7-12)15(18)19-16(3,4)5/h11-14H,6-10H2,1-5H3. The van der Waals surface area contributed by atoms with Gasteiger partial charge in [0.05, 0.1) is 5.92 Å². The van der Waals surface area contributed by atoms with Crippen LogP contribution in [0.2, 0.25) is 0 Å². The Kier molecular flexibility index (Phi) is 4.24. The monoisotopic (exact) mass is 267 g/mol. The topological polar surface area (TPSA) is 29.5 Å². The van der Waals surface area contributed by atoms with Gasteiger partial charge in [0.2, 0.25) is 0 Å². The Balaban J connectivity index is 1.97. The zero-order valence-electron chi connectivity index (χ0n) is 13.1. The smallest absolute Gasteiger partial charge is 0.309 e. The second-order valence-electron chi connectivity index (χ2n) is 7.49. The Morgan fingerprint density at radius 3 is 2.32 bits per heavy atom. The average Bonchev–Trinajstić information content (AvgIpc) is 3.09. The molecule has 2 unspecified atom stereocenters. The Hall–Kier alpha value is -0.570. The van der Waals surface area contributed by atoms with Crippen LogP contribution in [0.15, 0.2) is 0 Å². The molecule has 2 atom stereocenters. The first kappa shape index (κ1) is 14.8. The molecule has 0 aromatic carbocycles. The lowest BCUT2D eigenvalue weighted by molar-refractivity contribution is -0.162. The summed E-state index contributed by atoms with van der Waals surface area (Å²) in [5.74, 6) is 0.953. The molecule has 2 rings (SSSR count). The van der Waals surface area contributed by atoms with E-state index in [4.69, 9.17) is 4.74 Å². The number of carbonyl (C=O) groups excluding carboxylic acids is 1. The lowest BCUT2D eigenvalue weighted by Gasteiger charge is -2.42. The van der Waals surface area contributed by atoms with Crippen molar-refractivity contribution in [2.75, 3.05) is 6.54 Å². The van der Waals surface area contributed by atoms with Gasteiger partial charge in [0, 0.05) is 12.1 Å². The molecule has 0 bridgehead atoms. The van der Waals surface area contributed by atoms with Gasteiger partial charge in [0.1, 0.15) is 5.60 Å². The van der Waals surface area contributed by atoms with Crippen LogP contribution in [-0.2, 0) is 9.53 Å². The van der Waals surface area contributed by atoms with Crippen LogP contribution in [0.4, 0.5) is 0 Å². The number of nitrogens with zero attached hydrogens (tertiary/aromatic N) is 1. The van der Waals surface area contributed by atoms with E-state index >= 15 is 0 Å². The van der Waals surface area contributed by atoms with Crippen molar-refractivity contribution in [3.8, 4) is 0 Å². The number of rotatable bonds is 3. The van der Waals surface area contributed by atoms with E-state index in [0.29, 0.717) is 12.1 Å². The number of esters is 1. The number of likely N-dealkylation sites (tertiary alicyclic amines) is 1. The van der Waals surface area contributed by atoms with E-state index in [2.05, 4.69) is 18.7 Å². The predicted molar refractivity (Wildman–Crippen MR) is 76.9 cm³/mol. The van der Waals surface area contributed by atoms with Gasteiger partial charge in [-0.15, -0.1) is 0 Å². The summed E-state index contributed by atoms with van der Waals surface area (Å²) in [5.41, 5.74) is -0.360. The normalized spacial score (nSPS) is 29.6. The van der Waals surface area contributed by atoms with Crippen LogP contribution in [0, 0.1) is 11.8 Å². The summed E-state index contributed by atoms with van der Waals surface area (Å²) in [5, 5.41) is 0. The minimum Gasteiger partial charge on any atom is -0.460 e. The van der Waals surface area contributed by atoms with Crippen molar-refractivity contribution in [1.82, 2.24) is 4.90 Å². The summed E-state index contributed by atoms with van der Waals surface area (Å²) in [7, 11) is 0. The van der Waals surface area contributed by atoms with Gasteiger partial charge in [-0.25, -0.2) is 0 Å². The third-order valence-electron chi connectivity index (χ3n) is 4.26. The predicted octanol–water partition coefficient (Wildman–Crippen LogP) is 3.23. The van der Waals surface area contributed by atoms with Crippen molar-refractivity contribution in [3.05, 3.63) is 0 Å². The maximum atomic E-state index is 12.2. The number of hydrogen-bond acceptors (Lipinski definition) is 3. The Labute approximate surface area is 117 Å². The summed E-state index contributed by atoms with van der Waals surface area (Å²) in [6.45, 7) is 11.4. The maximum Gasteiger partial charge on any atom is 0.309 e. The second kappa shape index (κ2) is 5.43. The Morgan fingerprint density at radius 2 is 1.84 bits per heavy atom. The molecule has 3 nitrogen and oxygen atoms in total. The SMILES string of the molecule is CC(C)N1CCC(C(=O)OC(C)(C)C)CC1C1CC1. The van der Waals surface area contributed by atoms with Crippen molar-refractivity contribution in [3.63, 3.8) is 0 Å². The zero-order valence-corrected chi connectivity index (χ0v) is 13.1. The average molecular weight is 267 g/mol. The number of hydrogen-bond donors (Lipinski definition) is 0. The first-order chi connectivity index (χ1) is 8.78.